The zero-order valence-corrected chi connectivity index (χ0v) is 26.9. The molecule has 0 aliphatic heterocycles. The average molecular weight is 491 g/mol. The van der Waals surface area contributed by atoms with Crippen molar-refractivity contribution in [2.24, 2.45) is 10.8 Å². The first kappa shape index (κ1) is 30.7. The molecule has 0 aliphatic rings. The Morgan fingerprint density at radius 2 is 0.611 bits per heavy atom. The zero-order chi connectivity index (χ0) is 28.1. The molecule has 2 aromatic rings. The summed E-state index contributed by atoms with van der Waals surface area (Å²) in [4.78, 5) is 0. The molecule has 0 radical (unpaired) electrons. The van der Waals surface area contributed by atoms with Crippen molar-refractivity contribution < 1.29 is 0 Å². The summed E-state index contributed by atoms with van der Waals surface area (Å²) in [7, 11) is 0. The molecule has 2 rings (SSSR count). The summed E-state index contributed by atoms with van der Waals surface area (Å²) in [6.45, 7) is 37.9. The van der Waals surface area contributed by atoms with E-state index in [2.05, 4.69) is 147 Å². The summed E-state index contributed by atoms with van der Waals surface area (Å²) in [6.07, 6.45) is 2.30. The van der Waals surface area contributed by atoms with Crippen LogP contribution in [-0.4, -0.2) is 0 Å². The third kappa shape index (κ3) is 8.22. The molecule has 0 aliphatic carbocycles. The fourth-order valence-corrected chi connectivity index (χ4v) is 6.09. The maximum Gasteiger partial charge on any atom is -0.00983 e. The standard InChI is InChI=1S/C36H58/c1-31(2,3)23-35(13,14)29-19-25(17-27(21-29)33(7,8)9)26-18-28(34(10,11)12)22-30(20-26)36(15,16)24-32(4,5)6/h17-22H,23-24H2,1-16H3. The predicted octanol–water partition coefficient (Wildman–Crippen LogP) is 11.4. The van der Waals surface area contributed by atoms with E-state index < -0.39 is 0 Å². The Morgan fingerprint density at radius 1 is 0.361 bits per heavy atom. The van der Waals surface area contributed by atoms with Crippen molar-refractivity contribution in [3.63, 3.8) is 0 Å². The van der Waals surface area contributed by atoms with E-state index in [0.29, 0.717) is 0 Å². The van der Waals surface area contributed by atoms with Crippen LogP contribution in [0.25, 0.3) is 11.1 Å². The van der Waals surface area contributed by atoms with Crippen molar-refractivity contribution >= 4 is 0 Å². The van der Waals surface area contributed by atoms with Crippen LogP contribution in [0.3, 0.4) is 0 Å². The van der Waals surface area contributed by atoms with E-state index in [0.717, 1.165) is 12.8 Å². The molecule has 0 saturated carbocycles. The van der Waals surface area contributed by atoms with Crippen LogP contribution in [0, 0.1) is 10.8 Å². The zero-order valence-electron chi connectivity index (χ0n) is 26.9. The SMILES string of the molecule is CC(C)(C)CC(C)(C)c1cc(-c2cc(C(C)(C)C)cc(C(C)(C)CC(C)(C)C)c2)cc(C(C)(C)C)c1. The summed E-state index contributed by atoms with van der Waals surface area (Å²) in [5, 5.41) is 0. The minimum atomic E-state index is 0.0958. The maximum atomic E-state index is 2.49. The molecule has 0 atom stereocenters. The maximum absolute atomic E-state index is 2.49. The molecule has 202 valence electrons. The highest BCUT2D eigenvalue weighted by atomic mass is 14.4. The van der Waals surface area contributed by atoms with Gasteiger partial charge < -0.3 is 0 Å². The first-order valence-electron chi connectivity index (χ1n) is 14.1. The molecular formula is C36H58. The van der Waals surface area contributed by atoms with Crippen LogP contribution in [0.15, 0.2) is 36.4 Å². The van der Waals surface area contributed by atoms with Gasteiger partial charge >= 0.3 is 0 Å². The smallest absolute Gasteiger partial charge is 0.00983 e. The Kier molecular flexibility index (Phi) is 8.21. The van der Waals surface area contributed by atoms with Crippen LogP contribution in [0.1, 0.15) is 146 Å². The number of hydrogen-bond donors (Lipinski definition) is 0. The van der Waals surface area contributed by atoms with Crippen molar-refractivity contribution in [2.75, 3.05) is 0 Å². The van der Waals surface area contributed by atoms with Gasteiger partial charge in [0.25, 0.3) is 0 Å². The summed E-state index contributed by atoms with van der Waals surface area (Å²) in [6, 6.07) is 14.9. The van der Waals surface area contributed by atoms with Gasteiger partial charge in [-0.15, -0.1) is 0 Å². The number of rotatable bonds is 5. The van der Waals surface area contributed by atoms with E-state index in [-0.39, 0.29) is 32.5 Å². The third-order valence-electron chi connectivity index (χ3n) is 7.44. The van der Waals surface area contributed by atoms with Gasteiger partial charge in [0.05, 0.1) is 0 Å². The van der Waals surface area contributed by atoms with Crippen molar-refractivity contribution in [3.05, 3.63) is 58.7 Å². The van der Waals surface area contributed by atoms with Gasteiger partial charge in [-0.2, -0.15) is 0 Å². The molecule has 0 nitrogen and oxygen atoms in total. The number of benzene rings is 2. The lowest BCUT2D eigenvalue weighted by Crippen LogP contribution is -2.26. The summed E-state index contributed by atoms with van der Waals surface area (Å²) < 4.78 is 0. The lowest BCUT2D eigenvalue weighted by atomic mass is 9.69. The van der Waals surface area contributed by atoms with E-state index >= 15 is 0 Å². The van der Waals surface area contributed by atoms with Crippen molar-refractivity contribution in [2.45, 2.75) is 145 Å². The molecule has 0 amide bonds. The third-order valence-corrected chi connectivity index (χ3v) is 7.44. The summed E-state index contributed by atoms with van der Waals surface area (Å²) >= 11 is 0. The summed E-state index contributed by atoms with van der Waals surface area (Å²) in [5.74, 6) is 0. The van der Waals surface area contributed by atoms with Gasteiger partial charge in [0.1, 0.15) is 0 Å². The van der Waals surface area contributed by atoms with E-state index in [4.69, 9.17) is 0 Å². The quantitative estimate of drug-likeness (QED) is 0.391. The topological polar surface area (TPSA) is 0 Å². The van der Waals surface area contributed by atoms with E-state index in [1.54, 1.807) is 0 Å². The Hall–Kier alpha value is -1.56. The second-order valence-electron chi connectivity index (χ2n) is 17.3. The number of hydrogen-bond acceptors (Lipinski definition) is 0. The molecule has 0 bridgehead atoms. The van der Waals surface area contributed by atoms with Gasteiger partial charge in [-0.3, -0.25) is 0 Å². The minimum absolute atomic E-state index is 0.0958. The van der Waals surface area contributed by atoms with Gasteiger partial charge in [-0.05, 0) is 78.7 Å². The van der Waals surface area contributed by atoms with E-state index in [1.807, 2.05) is 0 Å². The molecule has 0 unspecified atom stereocenters. The highest BCUT2D eigenvalue weighted by Crippen LogP contribution is 2.43. The van der Waals surface area contributed by atoms with Crippen LogP contribution in [0.5, 0.6) is 0 Å². The largest absolute Gasteiger partial charge is 0.0601 e. The van der Waals surface area contributed by atoms with Crippen LogP contribution < -0.4 is 0 Å². The van der Waals surface area contributed by atoms with E-state index in [9.17, 15) is 0 Å². The second kappa shape index (κ2) is 9.63. The van der Waals surface area contributed by atoms with Crippen LogP contribution in [0.4, 0.5) is 0 Å². The summed E-state index contributed by atoms with van der Waals surface area (Å²) in [5.41, 5.74) is 9.42. The van der Waals surface area contributed by atoms with Crippen molar-refractivity contribution in [1.29, 1.82) is 0 Å². The molecule has 36 heavy (non-hydrogen) atoms. The minimum Gasteiger partial charge on any atom is -0.0601 e. The molecular weight excluding hydrogens is 432 g/mol. The van der Waals surface area contributed by atoms with Gasteiger partial charge in [-0.25, -0.2) is 0 Å². The Morgan fingerprint density at radius 3 is 0.833 bits per heavy atom. The van der Waals surface area contributed by atoms with Gasteiger partial charge in [-0.1, -0.05) is 147 Å². The van der Waals surface area contributed by atoms with Crippen LogP contribution in [0.2, 0.25) is 0 Å². The molecule has 0 spiro atoms. The van der Waals surface area contributed by atoms with E-state index in [1.165, 1.54) is 33.4 Å². The highest BCUT2D eigenvalue weighted by Gasteiger charge is 2.31. The monoisotopic (exact) mass is 490 g/mol. The Balaban J connectivity index is 2.85. The van der Waals surface area contributed by atoms with Crippen molar-refractivity contribution in [1.82, 2.24) is 0 Å². The predicted molar refractivity (Wildman–Crippen MR) is 163 cm³/mol. The molecule has 0 heteroatoms. The van der Waals surface area contributed by atoms with Gasteiger partial charge in [0.15, 0.2) is 0 Å². The first-order valence-corrected chi connectivity index (χ1v) is 14.1. The molecule has 0 fully saturated rings. The van der Waals surface area contributed by atoms with Crippen LogP contribution in [-0.2, 0) is 21.7 Å². The molecule has 0 heterocycles. The molecule has 0 N–H and O–H groups in total. The normalized spacial score (nSPS) is 14.3. The molecule has 0 saturated heterocycles. The van der Waals surface area contributed by atoms with Gasteiger partial charge in [0, 0.05) is 0 Å². The Bertz CT molecular complexity index is 960. The van der Waals surface area contributed by atoms with Crippen LogP contribution >= 0.6 is 0 Å². The fraction of sp³-hybridized carbons (Fsp3) is 0.667. The lowest BCUT2D eigenvalue weighted by Gasteiger charge is -2.35. The fourth-order valence-electron chi connectivity index (χ4n) is 6.09. The average Bonchev–Trinajstić information content (AvgIpc) is 2.62. The second-order valence-corrected chi connectivity index (χ2v) is 17.3. The highest BCUT2D eigenvalue weighted by molar-refractivity contribution is 5.69. The van der Waals surface area contributed by atoms with Gasteiger partial charge in [0.2, 0.25) is 0 Å². The molecule has 2 aromatic carbocycles. The van der Waals surface area contributed by atoms with Crippen molar-refractivity contribution in [3.8, 4) is 11.1 Å². The molecule has 0 aromatic heterocycles. The first-order chi connectivity index (χ1) is 15.8. The Labute approximate surface area is 225 Å². The lowest BCUT2D eigenvalue weighted by molar-refractivity contribution is 0.283.